The van der Waals surface area contributed by atoms with E-state index in [1.807, 2.05) is 0 Å². The van der Waals surface area contributed by atoms with Crippen molar-refractivity contribution in [2.24, 2.45) is 0 Å². The third-order valence-corrected chi connectivity index (χ3v) is 2.38. The van der Waals surface area contributed by atoms with Crippen LogP contribution in [0.1, 0.15) is 39.5 Å². The minimum absolute atomic E-state index is 1.25. The van der Waals surface area contributed by atoms with E-state index in [-0.39, 0.29) is 0 Å². The summed E-state index contributed by atoms with van der Waals surface area (Å²) in [5.74, 6) is 0. The van der Waals surface area contributed by atoms with Gasteiger partial charge in [-0.05, 0) is 45.1 Å². The molecule has 0 aliphatic heterocycles. The normalized spacial score (nSPS) is 17.6. The lowest BCUT2D eigenvalue weighted by molar-refractivity contribution is 0.886. The monoisotopic (exact) mass is 136 g/mol. The second-order valence-electron chi connectivity index (χ2n) is 3.22. The van der Waals surface area contributed by atoms with Crippen molar-refractivity contribution in [3.05, 3.63) is 23.3 Å². The highest BCUT2D eigenvalue weighted by molar-refractivity contribution is 5.30. The molecular weight excluding hydrogens is 120 g/mol. The molecule has 0 atom stereocenters. The van der Waals surface area contributed by atoms with Crippen LogP contribution in [-0.2, 0) is 0 Å². The first-order chi connectivity index (χ1) is 4.72. The van der Waals surface area contributed by atoms with E-state index in [1.54, 1.807) is 5.57 Å². The van der Waals surface area contributed by atoms with Gasteiger partial charge in [0.05, 0.1) is 0 Å². The fourth-order valence-corrected chi connectivity index (χ4v) is 1.48. The third-order valence-electron chi connectivity index (χ3n) is 2.38. The van der Waals surface area contributed by atoms with Crippen molar-refractivity contribution in [1.29, 1.82) is 0 Å². The van der Waals surface area contributed by atoms with Gasteiger partial charge < -0.3 is 0 Å². The summed E-state index contributed by atoms with van der Waals surface area (Å²) in [6, 6.07) is 0. The van der Waals surface area contributed by atoms with Crippen molar-refractivity contribution in [2.75, 3.05) is 0 Å². The quantitative estimate of drug-likeness (QED) is 0.518. The topological polar surface area (TPSA) is 0 Å². The molecule has 1 aliphatic carbocycles. The molecule has 0 nitrogen and oxygen atoms in total. The molecule has 0 bridgehead atoms. The first-order valence-electron chi connectivity index (χ1n) is 4.06. The van der Waals surface area contributed by atoms with Gasteiger partial charge in [-0.15, -0.1) is 0 Å². The van der Waals surface area contributed by atoms with Gasteiger partial charge in [0.15, 0.2) is 0 Å². The predicted octanol–water partition coefficient (Wildman–Crippen LogP) is 3.45. The molecule has 1 rings (SSSR count). The molecule has 0 aromatic heterocycles. The zero-order valence-electron chi connectivity index (χ0n) is 7.04. The highest BCUT2D eigenvalue weighted by atomic mass is 14.1. The molecule has 10 heavy (non-hydrogen) atoms. The van der Waals surface area contributed by atoms with Crippen molar-refractivity contribution >= 4 is 0 Å². The van der Waals surface area contributed by atoms with Crippen LogP contribution in [0.2, 0.25) is 0 Å². The van der Waals surface area contributed by atoms with Crippen LogP contribution < -0.4 is 0 Å². The molecule has 1 fully saturated rings. The van der Waals surface area contributed by atoms with Crippen LogP contribution in [0.4, 0.5) is 0 Å². The molecule has 0 unspecified atom stereocenters. The Kier molecular flexibility index (Phi) is 2.31. The molecule has 56 valence electrons. The first-order valence-corrected chi connectivity index (χ1v) is 4.06. The zero-order chi connectivity index (χ0) is 7.56. The average molecular weight is 136 g/mol. The summed E-state index contributed by atoms with van der Waals surface area (Å²) in [7, 11) is 0. The van der Waals surface area contributed by atoms with E-state index < -0.39 is 0 Å². The number of allylic oxidation sites excluding steroid dienone is 3. The summed E-state index contributed by atoms with van der Waals surface area (Å²) in [4.78, 5) is 0. The van der Waals surface area contributed by atoms with Gasteiger partial charge in [0, 0.05) is 0 Å². The summed E-state index contributed by atoms with van der Waals surface area (Å²) in [6.07, 6.45) is 5.41. The Bertz CT molecular complexity index is 164. The lowest BCUT2D eigenvalue weighted by atomic mass is 10.0. The zero-order valence-corrected chi connectivity index (χ0v) is 7.04. The van der Waals surface area contributed by atoms with Gasteiger partial charge in [0.1, 0.15) is 0 Å². The summed E-state index contributed by atoms with van der Waals surface area (Å²) in [6.45, 7) is 8.24. The van der Waals surface area contributed by atoms with Crippen LogP contribution in [0.15, 0.2) is 23.3 Å². The van der Waals surface area contributed by atoms with Crippen molar-refractivity contribution in [1.82, 2.24) is 0 Å². The van der Waals surface area contributed by atoms with E-state index in [4.69, 9.17) is 0 Å². The molecule has 0 aromatic rings. The van der Waals surface area contributed by atoms with E-state index in [1.165, 1.54) is 36.8 Å². The molecule has 1 aliphatic rings. The number of hydrogen-bond acceptors (Lipinski definition) is 0. The predicted molar refractivity (Wildman–Crippen MR) is 46.0 cm³/mol. The van der Waals surface area contributed by atoms with Crippen molar-refractivity contribution in [3.8, 4) is 0 Å². The Morgan fingerprint density at radius 2 is 1.70 bits per heavy atom. The highest BCUT2D eigenvalue weighted by Gasteiger charge is 2.09. The minimum Gasteiger partial charge on any atom is -0.0959 e. The number of rotatable bonds is 1. The maximum Gasteiger partial charge on any atom is -0.0314 e. The molecule has 1 saturated carbocycles. The number of hydrogen-bond donors (Lipinski definition) is 0. The highest BCUT2D eigenvalue weighted by Crippen LogP contribution is 2.28. The second kappa shape index (κ2) is 3.05. The first kappa shape index (κ1) is 7.59. The van der Waals surface area contributed by atoms with E-state index in [0.717, 1.165) is 0 Å². The molecule has 0 saturated heterocycles. The minimum atomic E-state index is 1.25. The van der Waals surface area contributed by atoms with Crippen LogP contribution in [0.25, 0.3) is 0 Å². The van der Waals surface area contributed by atoms with E-state index in [0.29, 0.717) is 0 Å². The average Bonchev–Trinajstić information content (AvgIpc) is 2.36. The van der Waals surface area contributed by atoms with Gasteiger partial charge in [-0.1, -0.05) is 17.7 Å². The van der Waals surface area contributed by atoms with Crippen molar-refractivity contribution < 1.29 is 0 Å². The smallest absolute Gasteiger partial charge is 0.0314 e. The van der Waals surface area contributed by atoms with Gasteiger partial charge >= 0.3 is 0 Å². The van der Waals surface area contributed by atoms with Gasteiger partial charge in [-0.3, -0.25) is 0 Å². The fourth-order valence-electron chi connectivity index (χ4n) is 1.48. The van der Waals surface area contributed by atoms with E-state index in [2.05, 4.69) is 20.4 Å². The van der Waals surface area contributed by atoms with Crippen molar-refractivity contribution in [3.63, 3.8) is 0 Å². The van der Waals surface area contributed by atoms with Crippen LogP contribution >= 0.6 is 0 Å². The molecule has 0 amide bonds. The van der Waals surface area contributed by atoms with Gasteiger partial charge in [0.25, 0.3) is 0 Å². The summed E-state index contributed by atoms with van der Waals surface area (Å²) >= 11 is 0. The van der Waals surface area contributed by atoms with Gasteiger partial charge in [-0.2, -0.15) is 0 Å². The Labute approximate surface area is 63.6 Å². The van der Waals surface area contributed by atoms with Crippen LogP contribution in [0.3, 0.4) is 0 Å². The van der Waals surface area contributed by atoms with Crippen LogP contribution in [-0.4, -0.2) is 0 Å². The van der Waals surface area contributed by atoms with E-state index in [9.17, 15) is 0 Å². The maximum atomic E-state index is 3.94. The van der Waals surface area contributed by atoms with Gasteiger partial charge in [0.2, 0.25) is 0 Å². The van der Waals surface area contributed by atoms with Gasteiger partial charge in [-0.25, -0.2) is 0 Å². The Balaban J connectivity index is 2.73. The summed E-state index contributed by atoms with van der Waals surface area (Å²) < 4.78 is 0. The van der Waals surface area contributed by atoms with Crippen LogP contribution in [0, 0.1) is 0 Å². The molecule has 0 N–H and O–H groups in total. The molecule has 0 radical (unpaired) electrons. The van der Waals surface area contributed by atoms with Crippen LogP contribution in [0.5, 0.6) is 0 Å². The SMILES string of the molecule is C=C(C)C(C)=C1CCCC1. The summed E-state index contributed by atoms with van der Waals surface area (Å²) in [5, 5.41) is 0. The molecule has 0 aromatic carbocycles. The largest absolute Gasteiger partial charge is 0.0959 e. The second-order valence-corrected chi connectivity index (χ2v) is 3.22. The Hall–Kier alpha value is -0.520. The Morgan fingerprint density at radius 3 is 2.10 bits per heavy atom. The van der Waals surface area contributed by atoms with Crippen molar-refractivity contribution in [2.45, 2.75) is 39.5 Å². The van der Waals surface area contributed by atoms with E-state index >= 15 is 0 Å². The third kappa shape index (κ3) is 1.50. The lowest BCUT2D eigenvalue weighted by Crippen LogP contribution is -1.83. The maximum absolute atomic E-state index is 3.94. The molecule has 0 heterocycles. The summed E-state index contributed by atoms with van der Waals surface area (Å²) in [5.41, 5.74) is 4.35. The molecule has 0 spiro atoms. The molecular formula is C10H16. The standard InChI is InChI=1S/C10H16/c1-8(2)9(3)10-6-4-5-7-10/h1,4-7H2,2-3H3. The lowest BCUT2D eigenvalue weighted by Gasteiger charge is -2.03. The fraction of sp³-hybridized carbons (Fsp3) is 0.600. The Morgan fingerprint density at radius 1 is 1.20 bits per heavy atom. The molecule has 0 heteroatoms.